The summed E-state index contributed by atoms with van der Waals surface area (Å²) in [5.41, 5.74) is 2.48. The van der Waals surface area contributed by atoms with Gasteiger partial charge in [-0.15, -0.1) is 0 Å². The van der Waals surface area contributed by atoms with Gasteiger partial charge in [0.15, 0.2) is 17.9 Å². The zero-order valence-corrected chi connectivity index (χ0v) is 10.1. The van der Waals surface area contributed by atoms with Crippen LogP contribution in [-0.2, 0) is 6.54 Å². The fourth-order valence-electron chi connectivity index (χ4n) is 1.85. The van der Waals surface area contributed by atoms with Crippen molar-refractivity contribution in [1.82, 2.24) is 9.78 Å². The summed E-state index contributed by atoms with van der Waals surface area (Å²) >= 11 is 0. The summed E-state index contributed by atoms with van der Waals surface area (Å²) in [6, 6.07) is 3.71. The summed E-state index contributed by atoms with van der Waals surface area (Å²) in [6.07, 6.45) is 0.749. The van der Waals surface area contributed by atoms with Crippen molar-refractivity contribution in [2.45, 2.75) is 20.4 Å². The monoisotopic (exact) mass is 250 g/mol. The van der Waals surface area contributed by atoms with E-state index in [1.54, 1.807) is 18.5 Å². The van der Waals surface area contributed by atoms with Gasteiger partial charge in [-0.3, -0.25) is 9.48 Å². The van der Waals surface area contributed by atoms with Crippen molar-refractivity contribution in [2.75, 3.05) is 0 Å². The summed E-state index contributed by atoms with van der Waals surface area (Å²) in [5, 5.41) is 4.20. The van der Waals surface area contributed by atoms with Crippen LogP contribution in [-0.4, -0.2) is 16.1 Å². The molecule has 3 nitrogen and oxygen atoms in total. The fourth-order valence-corrected chi connectivity index (χ4v) is 1.85. The van der Waals surface area contributed by atoms with E-state index < -0.39 is 11.6 Å². The van der Waals surface area contributed by atoms with Crippen LogP contribution in [0.2, 0.25) is 0 Å². The molecule has 0 aliphatic carbocycles. The Kier molecular flexibility index (Phi) is 3.23. The molecule has 0 amide bonds. The number of aromatic nitrogens is 2. The average Bonchev–Trinajstić information content (AvgIpc) is 2.59. The van der Waals surface area contributed by atoms with Gasteiger partial charge in [0.25, 0.3) is 0 Å². The number of hydrogen-bond acceptors (Lipinski definition) is 2. The average molecular weight is 250 g/mol. The molecule has 0 saturated carbocycles. The Morgan fingerprint density at radius 3 is 2.56 bits per heavy atom. The van der Waals surface area contributed by atoms with E-state index in [1.165, 1.54) is 6.07 Å². The van der Waals surface area contributed by atoms with Crippen molar-refractivity contribution in [3.05, 3.63) is 52.3 Å². The molecule has 0 saturated heterocycles. The first kappa shape index (κ1) is 12.4. The Bertz CT molecular complexity index is 605. The lowest BCUT2D eigenvalue weighted by atomic mass is 10.2. The molecule has 1 heterocycles. The van der Waals surface area contributed by atoms with Gasteiger partial charge in [0.05, 0.1) is 17.8 Å². The van der Waals surface area contributed by atoms with Crippen molar-refractivity contribution in [2.24, 2.45) is 0 Å². The number of carbonyl (C=O) groups is 1. The number of nitrogens with zero attached hydrogens (tertiary/aromatic N) is 2. The second kappa shape index (κ2) is 4.68. The molecule has 0 N–H and O–H groups in total. The largest absolute Gasteiger partial charge is 0.298 e. The van der Waals surface area contributed by atoms with Gasteiger partial charge in [-0.1, -0.05) is 6.07 Å². The lowest BCUT2D eigenvalue weighted by molar-refractivity contribution is 0.112. The van der Waals surface area contributed by atoms with Gasteiger partial charge >= 0.3 is 0 Å². The molecule has 0 radical (unpaired) electrons. The van der Waals surface area contributed by atoms with Gasteiger partial charge in [-0.05, 0) is 31.5 Å². The summed E-state index contributed by atoms with van der Waals surface area (Å²) in [4.78, 5) is 10.8. The standard InChI is InChI=1S/C13H12F2N2O/c1-8-11(7-18)9(2)17(16-8)6-10-3-4-12(14)13(15)5-10/h3-5,7H,6H2,1-2H3. The Balaban J connectivity index is 2.34. The summed E-state index contributed by atoms with van der Waals surface area (Å²) < 4.78 is 27.5. The number of halogens is 2. The third kappa shape index (κ3) is 2.16. The molecule has 2 aromatic rings. The molecule has 18 heavy (non-hydrogen) atoms. The van der Waals surface area contributed by atoms with Crippen molar-refractivity contribution in [3.63, 3.8) is 0 Å². The zero-order valence-electron chi connectivity index (χ0n) is 10.1. The second-order valence-corrected chi connectivity index (χ2v) is 4.11. The van der Waals surface area contributed by atoms with Gasteiger partial charge in [-0.25, -0.2) is 8.78 Å². The molecule has 0 unspecified atom stereocenters. The third-order valence-corrected chi connectivity index (χ3v) is 2.87. The summed E-state index contributed by atoms with van der Waals surface area (Å²) in [7, 11) is 0. The molecular formula is C13H12F2N2O. The molecule has 0 aliphatic rings. The van der Waals surface area contributed by atoms with Crippen LogP contribution in [0.3, 0.4) is 0 Å². The van der Waals surface area contributed by atoms with Crippen molar-refractivity contribution >= 4 is 6.29 Å². The lowest BCUT2D eigenvalue weighted by Crippen LogP contribution is -2.05. The first-order valence-electron chi connectivity index (χ1n) is 5.46. The predicted molar refractivity (Wildman–Crippen MR) is 62.5 cm³/mol. The van der Waals surface area contributed by atoms with Gasteiger partial charge in [0.1, 0.15) is 0 Å². The highest BCUT2D eigenvalue weighted by atomic mass is 19.2. The van der Waals surface area contributed by atoms with Crippen LogP contribution in [0, 0.1) is 25.5 Å². The maximum Gasteiger partial charge on any atom is 0.159 e. The van der Waals surface area contributed by atoms with E-state index in [0.29, 0.717) is 29.1 Å². The van der Waals surface area contributed by atoms with Crippen LogP contribution in [0.15, 0.2) is 18.2 Å². The number of aldehydes is 1. The minimum Gasteiger partial charge on any atom is -0.298 e. The van der Waals surface area contributed by atoms with Crippen LogP contribution >= 0.6 is 0 Å². The van der Waals surface area contributed by atoms with Crippen LogP contribution in [0.1, 0.15) is 27.3 Å². The molecular weight excluding hydrogens is 238 g/mol. The number of carbonyl (C=O) groups excluding carboxylic acids is 1. The molecule has 0 fully saturated rings. The van der Waals surface area contributed by atoms with E-state index in [2.05, 4.69) is 5.10 Å². The van der Waals surface area contributed by atoms with E-state index in [9.17, 15) is 13.6 Å². The Hall–Kier alpha value is -2.04. The SMILES string of the molecule is Cc1nn(Cc2ccc(F)c(F)c2)c(C)c1C=O. The Morgan fingerprint density at radius 2 is 2.00 bits per heavy atom. The highest BCUT2D eigenvalue weighted by Gasteiger charge is 2.11. The molecule has 0 aliphatic heterocycles. The highest BCUT2D eigenvalue weighted by Crippen LogP contribution is 2.14. The number of aryl methyl sites for hydroxylation is 1. The second-order valence-electron chi connectivity index (χ2n) is 4.11. The van der Waals surface area contributed by atoms with Gasteiger partial charge in [-0.2, -0.15) is 5.10 Å². The molecule has 94 valence electrons. The minimum absolute atomic E-state index is 0.303. The Labute approximate surface area is 103 Å². The van der Waals surface area contributed by atoms with Crippen LogP contribution < -0.4 is 0 Å². The predicted octanol–water partition coefficient (Wildman–Crippen LogP) is 2.64. The molecule has 0 spiro atoms. The quantitative estimate of drug-likeness (QED) is 0.785. The van der Waals surface area contributed by atoms with Crippen LogP contribution in [0.5, 0.6) is 0 Å². The fraction of sp³-hybridized carbons (Fsp3) is 0.231. The van der Waals surface area contributed by atoms with E-state index in [0.717, 1.165) is 18.4 Å². The third-order valence-electron chi connectivity index (χ3n) is 2.87. The topological polar surface area (TPSA) is 34.9 Å². The molecule has 1 aromatic heterocycles. The lowest BCUT2D eigenvalue weighted by Gasteiger charge is -2.05. The highest BCUT2D eigenvalue weighted by molar-refractivity contribution is 5.78. The maximum atomic E-state index is 13.1. The van der Waals surface area contributed by atoms with Crippen molar-refractivity contribution in [1.29, 1.82) is 0 Å². The molecule has 0 atom stereocenters. The van der Waals surface area contributed by atoms with Gasteiger partial charge < -0.3 is 0 Å². The molecule has 2 rings (SSSR count). The summed E-state index contributed by atoms with van der Waals surface area (Å²) in [5.74, 6) is -1.76. The van der Waals surface area contributed by atoms with Crippen molar-refractivity contribution < 1.29 is 13.6 Å². The zero-order chi connectivity index (χ0) is 13.3. The van der Waals surface area contributed by atoms with E-state index >= 15 is 0 Å². The van der Waals surface area contributed by atoms with Crippen LogP contribution in [0.25, 0.3) is 0 Å². The number of hydrogen-bond donors (Lipinski definition) is 0. The smallest absolute Gasteiger partial charge is 0.159 e. The molecule has 5 heteroatoms. The van der Waals surface area contributed by atoms with E-state index in [1.807, 2.05) is 0 Å². The Morgan fingerprint density at radius 1 is 1.28 bits per heavy atom. The van der Waals surface area contributed by atoms with Gasteiger partial charge in [0.2, 0.25) is 0 Å². The van der Waals surface area contributed by atoms with Gasteiger partial charge in [0, 0.05) is 5.69 Å². The molecule has 0 bridgehead atoms. The normalized spacial score (nSPS) is 10.7. The van der Waals surface area contributed by atoms with Crippen molar-refractivity contribution in [3.8, 4) is 0 Å². The first-order valence-corrected chi connectivity index (χ1v) is 5.46. The maximum absolute atomic E-state index is 13.1. The number of benzene rings is 1. The minimum atomic E-state index is -0.885. The van der Waals surface area contributed by atoms with Crippen LogP contribution in [0.4, 0.5) is 8.78 Å². The first-order chi connectivity index (χ1) is 8.52. The van der Waals surface area contributed by atoms with E-state index in [4.69, 9.17) is 0 Å². The molecule has 1 aromatic carbocycles. The summed E-state index contributed by atoms with van der Waals surface area (Å²) in [6.45, 7) is 3.81. The van der Waals surface area contributed by atoms with E-state index in [-0.39, 0.29) is 0 Å². The number of rotatable bonds is 3.